The van der Waals surface area contributed by atoms with Crippen LogP contribution in [0.1, 0.15) is 36.8 Å². The second-order valence-electron chi connectivity index (χ2n) is 7.85. The van der Waals surface area contributed by atoms with Crippen molar-refractivity contribution >= 4 is 57.3 Å². The quantitative estimate of drug-likeness (QED) is 0.353. The summed E-state index contributed by atoms with van der Waals surface area (Å²) in [6, 6.07) is 17.0. The highest BCUT2D eigenvalue weighted by molar-refractivity contribution is 9.10. The Kier molecular flexibility index (Phi) is 5.72. The molecule has 0 bridgehead atoms. The second-order valence-corrected chi connectivity index (χ2v) is 15.0. The topological polar surface area (TPSA) is 9.23 Å². The van der Waals surface area contributed by atoms with E-state index in [-0.39, 0.29) is 10.6 Å². The van der Waals surface area contributed by atoms with Crippen molar-refractivity contribution in [1.82, 2.24) is 0 Å². The average molecular weight is 468 g/mol. The van der Waals surface area contributed by atoms with Crippen molar-refractivity contribution in [3.8, 4) is 0 Å². The Bertz CT molecular complexity index is 900. The molecule has 0 saturated heterocycles. The number of hydrogen-bond acceptors (Lipinski definition) is 2. The van der Waals surface area contributed by atoms with Crippen molar-refractivity contribution in [3.05, 3.63) is 68.5 Å². The summed E-state index contributed by atoms with van der Waals surface area (Å²) in [5.74, 6) is 0. The number of fused-ring (bicyclic) bond motifs is 1. The summed E-state index contributed by atoms with van der Waals surface area (Å²) in [6.45, 7) is 9.19. The average Bonchev–Trinajstić information content (AvgIpc) is 3.00. The third-order valence-electron chi connectivity index (χ3n) is 5.46. The molecule has 5 heteroatoms. The van der Waals surface area contributed by atoms with E-state index in [0.717, 1.165) is 15.1 Å². The number of rotatable bonds is 4. The zero-order valence-corrected chi connectivity index (χ0v) is 19.9. The molecule has 1 aromatic heterocycles. The molecule has 2 unspecified atom stereocenters. The molecule has 0 aliphatic carbocycles. The van der Waals surface area contributed by atoms with Crippen LogP contribution in [0.4, 0.5) is 0 Å². The van der Waals surface area contributed by atoms with Gasteiger partial charge >= 0.3 is 0 Å². The first-order chi connectivity index (χ1) is 12.2. The lowest BCUT2D eigenvalue weighted by atomic mass is 10.1. The zero-order valence-electron chi connectivity index (χ0n) is 15.8. The van der Waals surface area contributed by atoms with Crippen LogP contribution in [-0.2, 0) is 4.43 Å². The van der Waals surface area contributed by atoms with Gasteiger partial charge < -0.3 is 4.43 Å². The lowest BCUT2D eigenvalue weighted by Gasteiger charge is -2.44. The molecule has 2 aromatic carbocycles. The summed E-state index contributed by atoms with van der Waals surface area (Å²) < 4.78 is 8.69. The van der Waals surface area contributed by atoms with Gasteiger partial charge in [-0.2, -0.15) is 0 Å². The first-order valence-corrected chi connectivity index (χ1v) is 13.1. The van der Waals surface area contributed by atoms with Gasteiger partial charge in [-0.1, -0.05) is 66.5 Å². The number of benzene rings is 2. The first kappa shape index (κ1) is 20.1. The summed E-state index contributed by atoms with van der Waals surface area (Å²) in [6.07, 6.45) is 0. The Labute approximate surface area is 174 Å². The zero-order chi connectivity index (χ0) is 19.1. The van der Waals surface area contributed by atoms with E-state index >= 15 is 0 Å². The Morgan fingerprint density at radius 2 is 1.81 bits per heavy atom. The van der Waals surface area contributed by atoms with Crippen LogP contribution >= 0.6 is 38.9 Å². The molecule has 0 radical (unpaired) electrons. The lowest BCUT2D eigenvalue weighted by molar-refractivity contribution is 0.358. The molecular formula is C21H24BrClOSSi. The van der Waals surface area contributed by atoms with Crippen molar-refractivity contribution in [2.75, 3.05) is 7.11 Å². The van der Waals surface area contributed by atoms with Crippen LogP contribution in [0.5, 0.6) is 0 Å². The second kappa shape index (κ2) is 7.40. The third kappa shape index (κ3) is 3.55. The van der Waals surface area contributed by atoms with E-state index in [0.29, 0.717) is 0 Å². The number of halogens is 2. The molecule has 138 valence electrons. The van der Waals surface area contributed by atoms with Gasteiger partial charge in [-0.25, -0.2) is 0 Å². The predicted octanol–water partition coefficient (Wildman–Crippen LogP) is 8.01. The molecule has 3 rings (SSSR count). The summed E-state index contributed by atoms with van der Waals surface area (Å²) >= 11 is 12.2. The van der Waals surface area contributed by atoms with Gasteiger partial charge in [-0.3, -0.25) is 0 Å². The maximum absolute atomic E-state index is 6.70. The minimum absolute atomic E-state index is 0.0498. The maximum atomic E-state index is 6.70. The molecule has 0 aliphatic heterocycles. The van der Waals surface area contributed by atoms with Gasteiger partial charge in [-0.15, -0.1) is 11.3 Å². The largest absolute Gasteiger partial charge is 0.419 e. The number of hydrogen-bond donors (Lipinski definition) is 0. The SMILES string of the molecule is CO[Si](C)(C(c1cc2ccccc2s1)c1cc(Br)ccc1Cl)C(C)(C)C. The van der Waals surface area contributed by atoms with E-state index in [9.17, 15) is 0 Å². The van der Waals surface area contributed by atoms with Crippen molar-refractivity contribution < 1.29 is 4.43 Å². The van der Waals surface area contributed by atoms with E-state index in [2.05, 4.69) is 79.6 Å². The van der Waals surface area contributed by atoms with Gasteiger partial charge in [0.25, 0.3) is 0 Å². The van der Waals surface area contributed by atoms with Crippen molar-refractivity contribution in [1.29, 1.82) is 0 Å². The van der Waals surface area contributed by atoms with E-state index in [1.807, 2.05) is 30.6 Å². The summed E-state index contributed by atoms with van der Waals surface area (Å²) in [4.78, 5) is 1.33. The molecule has 2 atom stereocenters. The molecule has 0 spiro atoms. The molecule has 0 aliphatic rings. The fraction of sp³-hybridized carbons (Fsp3) is 0.333. The van der Waals surface area contributed by atoms with Crippen LogP contribution < -0.4 is 0 Å². The van der Waals surface area contributed by atoms with E-state index in [4.69, 9.17) is 16.0 Å². The molecule has 0 N–H and O–H groups in total. The highest BCUT2D eigenvalue weighted by Gasteiger charge is 2.50. The molecule has 0 amide bonds. The Morgan fingerprint density at radius 3 is 2.42 bits per heavy atom. The van der Waals surface area contributed by atoms with Gasteiger partial charge in [0.2, 0.25) is 8.32 Å². The van der Waals surface area contributed by atoms with Crippen LogP contribution in [0.25, 0.3) is 10.1 Å². The highest BCUT2D eigenvalue weighted by Crippen LogP contribution is 2.51. The van der Waals surface area contributed by atoms with Crippen LogP contribution in [0.15, 0.2) is 53.0 Å². The van der Waals surface area contributed by atoms with E-state index in [1.54, 1.807) is 0 Å². The van der Waals surface area contributed by atoms with Crippen molar-refractivity contribution in [3.63, 3.8) is 0 Å². The minimum atomic E-state index is -2.25. The third-order valence-corrected chi connectivity index (χ3v) is 13.2. The summed E-state index contributed by atoms with van der Waals surface area (Å²) in [5.41, 5.74) is 1.31. The minimum Gasteiger partial charge on any atom is -0.419 e. The smallest absolute Gasteiger partial charge is 0.207 e. The highest BCUT2D eigenvalue weighted by atomic mass is 79.9. The van der Waals surface area contributed by atoms with Crippen LogP contribution in [-0.4, -0.2) is 15.4 Å². The molecule has 0 saturated carbocycles. The fourth-order valence-corrected chi connectivity index (χ4v) is 9.26. The monoisotopic (exact) mass is 466 g/mol. The van der Waals surface area contributed by atoms with Crippen molar-refractivity contribution in [2.24, 2.45) is 0 Å². The van der Waals surface area contributed by atoms with Crippen LogP contribution in [0.3, 0.4) is 0 Å². The van der Waals surface area contributed by atoms with Crippen molar-refractivity contribution in [2.45, 2.75) is 37.9 Å². The molecule has 26 heavy (non-hydrogen) atoms. The molecule has 3 aromatic rings. The van der Waals surface area contributed by atoms with Crippen LogP contribution in [0, 0.1) is 0 Å². The standard InChI is InChI=1S/C21H24BrClOSSi/c1-21(2,3)26(5,24-4)20(16-13-15(22)10-11-17(16)23)19-12-14-8-6-7-9-18(14)25-19/h6-13,20H,1-5H3. The van der Waals surface area contributed by atoms with Gasteiger partial charge in [0.05, 0.1) is 0 Å². The van der Waals surface area contributed by atoms with Gasteiger partial charge in [-0.05, 0) is 52.9 Å². The summed E-state index contributed by atoms with van der Waals surface area (Å²) in [7, 11) is -0.383. The molecular weight excluding hydrogens is 444 g/mol. The lowest BCUT2D eigenvalue weighted by Crippen LogP contribution is -2.49. The summed E-state index contributed by atoms with van der Waals surface area (Å²) in [5, 5.41) is 2.13. The maximum Gasteiger partial charge on any atom is 0.207 e. The first-order valence-electron chi connectivity index (χ1n) is 8.66. The molecule has 1 nitrogen and oxygen atoms in total. The molecule has 0 fully saturated rings. The fourth-order valence-electron chi connectivity index (χ4n) is 3.46. The van der Waals surface area contributed by atoms with Gasteiger partial charge in [0.15, 0.2) is 0 Å². The Hall–Kier alpha value is -0.653. The Balaban J connectivity index is 2.30. The molecule has 1 heterocycles. The van der Waals surface area contributed by atoms with E-state index in [1.165, 1.54) is 15.0 Å². The van der Waals surface area contributed by atoms with Crippen LogP contribution in [0.2, 0.25) is 16.6 Å². The normalized spacial score (nSPS) is 15.8. The van der Waals surface area contributed by atoms with E-state index < -0.39 is 8.32 Å². The predicted molar refractivity (Wildman–Crippen MR) is 121 cm³/mol. The number of thiophene rings is 1. The Morgan fingerprint density at radius 1 is 1.12 bits per heavy atom. The van der Waals surface area contributed by atoms with Gasteiger partial charge in [0, 0.05) is 31.7 Å². The van der Waals surface area contributed by atoms with Gasteiger partial charge in [0.1, 0.15) is 0 Å².